The van der Waals surface area contributed by atoms with Crippen LogP contribution in [0, 0.1) is 0 Å². The van der Waals surface area contributed by atoms with Gasteiger partial charge in [0.2, 0.25) is 5.16 Å². The Hall–Kier alpha value is -2.12. The van der Waals surface area contributed by atoms with Gasteiger partial charge < -0.3 is 5.11 Å². The van der Waals surface area contributed by atoms with Crippen LogP contribution in [0.5, 0.6) is 5.88 Å². The zero-order valence-electron chi connectivity index (χ0n) is 12.8. The number of hydrogen-bond acceptors (Lipinski definition) is 6. The standard InChI is InChI=1S/C16H17N5OS/c1-23-16-18-15-17-13-10-20(9-11-5-3-2-4-6-11)8-7-12(13)14(22)21(15)19-16/h2-6,22H,7-10H2,1H3/p-1. The van der Waals surface area contributed by atoms with E-state index in [1.807, 2.05) is 24.5 Å². The molecule has 1 aromatic carbocycles. The van der Waals surface area contributed by atoms with Crippen LogP contribution in [0.4, 0.5) is 0 Å². The highest BCUT2D eigenvalue weighted by atomic mass is 32.2. The lowest BCUT2D eigenvalue weighted by Crippen LogP contribution is -2.32. The molecule has 0 saturated heterocycles. The topological polar surface area (TPSA) is 69.4 Å². The highest BCUT2D eigenvalue weighted by Crippen LogP contribution is 2.26. The monoisotopic (exact) mass is 326 g/mol. The number of hydrogen-bond donors (Lipinski definition) is 0. The van der Waals surface area contributed by atoms with Crippen molar-refractivity contribution in [2.24, 2.45) is 0 Å². The third-order valence-electron chi connectivity index (χ3n) is 4.09. The van der Waals surface area contributed by atoms with Crippen molar-refractivity contribution in [3.05, 3.63) is 47.2 Å². The summed E-state index contributed by atoms with van der Waals surface area (Å²) in [6.45, 7) is 2.40. The maximum atomic E-state index is 12.6. The summed E-state index contributed by atoms with van der Waals surface area (Å²) in [7, 11) is 0. The minimum absolute atomic E-state index is 0.0721. The molecule has 0 spiro atoms. The smallest absolute Gasteiger partial charge is 0.252 e. The molecule has 118 valence electrons. The highest BCUT2D eigenvalue weighted by Gasteiger charge is 2.21. The molecule has 7 heteroatoms. The molecule has 0 amide bonds. The predicted octanol–water partition coefficient (Wildman–Crippen LogP) is 1.48. The minimum atomic E-state index is -0.0721. The van der Waals surface area contributed by atoms with Gasteiger partial charge in [-0.2, -0.15) is 4.98 Å². The lowest BCUT2D eigenvalue weighted by molar-refractivity contribution is -0.279. The first-order chi connectivity index (χ1) is 11.2. The Bertz CT molecular complexity index is 849. The second-order valence-electron chi connectivity index (χ2n) is 5.60. The van der Waals surface area contributed by atoms with Gasteiger partial charge in [0.25, 0.3) is 5.78 Å². The van der Waals surface area contributed by atoms with Crippen LogP contribution in [0.2, 0.25) is 0 Å². The van der Waals surface area contributed by atoms with Gasteiger partial charge in [-0.15, -0.1) is 5.10 Å². The fourth-order valence-electron chi connectivity index (χ4n) is 2.94. The summed E-state index contributed by atoms with van der Waals surface area (Å²) in [5.41, 5.74) is 2.88. The van der Waals surface area contributed by atoms with E-state index in [9.17, 15) is 5.11 Å². The Labute approximate surface area is 138 Å². The summed E-state index contributed by atoms with van der Waals surface area (Å²) in [6.07, 6.45) is 2.60. The second kappa shape index (κ2) is 5.82. The van der Waals surface area contributed by atoms with Crippen LogP contribution in [-0.4, -0.2) is 37.3 Å². The highest BCUT2D eigenvalue weighted by molar-refractivity contribution is 7.98. The van der Waals surface area contributed by atoms with Gasteiger partial charge in [0.1, 0.15) is 0 Å². The minimum Gasteiger partial charge on any atom is -0.858 e. The van der Waals surface area contributed by atoms with Gasteiger partial charge >= 0.3 is 0 Å². The van der Waals surface area contributed by atoms with Crippen molar-refractivity contribution in [2.45, 2.75) is 24.7 Å². The number of nitrogens with zero attached hydrogens (tertiary/aromatic N) is 5. The molecule has 3 heterocycles. The van der Waals surface area contributed by atoms with Crippen LogP contribution in [-0.2, 0) is 19.5 Å². The van der Waals surface area contributed by atoms with Crippen molar-refractivity contribution >= 4 is 17.5 Å². The van der Waals surface area contributed by atoms with Crippen LogP contribution in [0.3, 0.4) is 0 Å². The molecule has 1 aliphatic heterocycles. The molecule has 0 radical (unpaired) electrons. The lowest BCUT2D eigenvalue weighted by Gasteiger charge is -2.30. The van der Waals surface area contributed by atoms with E-state index in [0.29, 0.717) is 23.9 Å². The SMILES string of the molecule is CSc1nc2nc3c(c([O-])n2n1)CCN(Cc1ccccc1)C3. The molecule has 0 aliphatic carbocycles. The fourth-order valence-corrected chi connectivity index (χ4v) is 3.28. The summed E-state index contributed by atoms with van der Waals surface area (Å²) < 4.78 is 1.33. The molecule has 6 nitrogen and oxygen atoms in total. The molecule has 3 aromatic rings. The van der Waals surface area contributed by atoms with Gasteiger partial charge in [0, 0.05) is 19.6 Å². The molecule has 23 heavy (non-hydrogen) atoms. The lowest BCUT2D eigenvalue weighted by atomic mass is 10.1. The summed E-state index contributed by atoms with van der Waals surface area (Å²) in [4.78, 5) is 11.2. The number of fused-ring (bicyclic) bond motifs is 2. The first-order valence-electron chi connectivity index (χ1n) is 7.50. The van der Waals surface area contributed by atoms with Crippen molar-refractivity contribution in [3.63, 3.8) is 0 Å². The van der Waals surface area contributed by atoms with Crippen LogP contribution in [0.1, 0.15) is 16.8 Å². The van der Waals surface area contributed by atoms with Gasteiger partial charge in [-0.05, 0) is 29.7 Å². The Morgan fingerprint density at radius 2 is 2.04 bits per heavy atom. The number of benzene rings is 1. The van der Waals surface area contributed by atoms with Crippen LogP contribution in [0.15, 0.2) is 35.5 Å². The van der Waals surface area contributed by atoms with Crippen LogP contribution < -0.4 is 5.11 Å². The van der Waals surface area contributed by atoms with Crippen molar-refractivity contribution < 1.29 is 5.11 Å². The van der Waals surface area contributed by atoms with E-state index in [0.717, 1.165) is 24.3 Å². The molecule has 0 N–H and O–H groups in total. The molecule has 4 rings (SSSR count). The van der Waals surface area contributed by atoms with Gasteiger partial charge in [-0.25, -0.2) is 9.50 Å². The normalized spacial score (nSPS) is 15.0. The Kier molecular flexibility index (Phi) is 3.66. The van der Waals surface area contributed by atoms with E-state index >= 15 is 0 Å². The first kappa shape index (κ1) is 14.5. The Morgan fingerprint density at radius 3 is 2.83 bits per heavy atom. The van der Waals surface area contributed by atoms with Gasteiger partial charge in [0.15, 0.2) is 0 Å². The van der Waals surface area contributed by atoms with Crippen LogP contribution >= 0.6 is 11.8 Å². The van der Waals surface area contributed by atoms with Crippen molar-refractivity contribution in [2.75, 3.05) is 12.8 Å². The molecular weight excluding hydrogens is 310 g/mol. The zero-order chi connectivity index (χ0) is 15.8. The largest absolute Gasteiger partial charge is 0.858 e. The molecule has 0 atom stereocenters. The van der Waals surface area contributed by atoms with E-state index in [2.05, 4.69) is 32.1 Å². The van der Waals surface area contributed by atoms with E-state index in [-0.39, 0.29) is 5.88 Å². The van der Waals surface area contributed by atoms with Crippen molar-refractivity contribution in [3.8, 4) is 5.88 Å². The predicted molar refractivity (Wildman–Crippen MR) is 86.3 cm³/mol. The van der Waals surface area contributed by atoms with Gasteiger partial charge in [-0.1, -0.05) is 42.1 Å². The summed E-state index contributed by atoms with van der Waals surface area (Å²) in [5, 5.41) is 17.3. The maximum Gasteiger partial charge on any atom is 0.252 e. The van der Waals surface area contributed by atoms with Gasteiger partial charge in [0.05, 0.1) is 5.69 Å². The maximum absolute atomic E-state index is 12.6. The van der Waals surface area contributed by atoms with E-state index < -0.39 is 0 Å². The first-order valence-corrected chi connectivity index (χ1v) is 8.73. The Balaban J connectivity index is 1.65. The number of thioether (sulfide) groups is 1. The molecule has 1 aliphatic rings. The summed E-state index contributed by atoms with van der Waals surface area (Å²) in [6, 6.07) is 10.4. The van der Waals surface area contributed by atoms with E-state index in [1.54, 1.807) is 0 Å². The number of rotatable bonds is 3. The second-order valence-corrected chi connectivity index (χ2v) is 6.37. The molecule has 0 bridgehead atoms. The quantitative estimate of drug-likeness (QED) is 0.679. The van der Waals surface area contributed by atoms with Crippen molar-refractivity contribution in [1.29, 1.82) is 0 Å². The number of aromatic nitrogens is 4. The molecule has 2 aromatic heterocycles. The van der Waals surface area contributed by atoms with Crippen LogP contribution in [0.25, 0.3) is 5.78 Å². The molecular formula is C16H16N5OS-. The molecule has 0 unspecified atom stereocenters. The Morgan fingerprint density at radius 1 is 1.22 bits per heavy atom. The van der Waals surface area contributed by atoms with E-state index in [4.69, 9.17) is 0 Å². The summed E-state index contributed by atoms with van der Waals surface area (Å²) >= 11 is 1.42. The van der Waals surface area contributed by atoms with Gasteiger partial charge in [-0.3, -0.25) is 4.90 Å². The molecule has 0 fully saturated rings. The van der Waals surface area contributed by atoms with E-state index in [1.165, 1.54) is 21.8 Å². The third kappa shape index (κ3) is 2.66. The average molecular weight is 326 g/mol. The fraction of sp³-hybridized carbons (Fsp3) is 0.312. The average Bonchev–Trinajstić information content (AvgIpc) is 2.99. The summed E-state index contributed by atoms with van der Waals surface area (Å²) in [5.74, 6) is 0.330. The molecule has 0 saturated carbocycles. The zero-order valence-corrected chi connectivity index (χ0v) is 13.6. The third-order valence-corrected chi connectivity index (χ3v) is 4.63. The van der Waals surface area contributed by atoms with Crippen molar-refractivity contribution in [1.82, 2.24) is 24.5 Å².